The average Bonchev–Trinajstić information content (AvgIpc) is 1.55. The van der Waals surface area contributed by atoms with E-state index >= 15 is 176 Å². The van der Waals surface area contributed by atoms with Crippen LogP contribution in [-0.4, -0.2) is 39.9 Å². The minimum atomic E-state index is -3.62. The average molecular weight is 1640 g/mol. The summed E-state index contributed by atoms with van der Waals surface area (Å²) < 4.78 is 644. The molecule has 2 aliphatic rings. The van der Waals surface area contributed by atoms with Crippen LogP contribution >= 0.6 is 0 Å². The third-order valence-electron chi connectivity index (χ3n) is 16.3. The highest BCUT2D eigenvalue weighted by molar-refractivity contribution is 6.09. The monoisotopic (exact) mass is 1640 g/mol. The van der Waals surface area contributed by atoms with Gasteiger partial charge in [-0.2, -0.15) is 0 Å². The maximum absolute atomic E-state index is 16.9. The van der Waals surface area contributed by atoms with Crippen molar-refractivity contribution in [2.24, 2.45) is 0 Å². The van der Waals surface area contributed by atoms with Gasteiger partial charge in [0.1, 0.15) is 22.6 Å². The summed E-state index contributed by atoms with van der Waals surface area (Å²) in [6.45, 7) is 0. The molecule has 2 N–H and O–H groups in total. The molecule has 2 aliphatic heterocycles. The van der Waals surface area contributed by atoms with Gasteiger partial charge in [0.15, 0.2) is 209 Å². The Kier molecular flexibility index (Phi) is 18.3. The van der Waals surface area contributed by atoms with E-state index in [1.807, 2.05) is 0 Å². The van der Waals surface area contributed by atoms with Gasteiger partial charge in [-0.15, -0.1) is 0 Å². The highest BCUT2D eigenvalue weighted by atomic mass is 19.2. The SMILES string of the molecule is Fc1c(F)c(F)c(C2=C(c3c(F)c(F)c(F)c(F)c3F)c3nc2nc2[nH]c(nc4nc(nc5[nH]c(n3)c(-c3c(F)c(F)c(F)c(F)c3F)c5-c3c(F)c(F)c(F)c(F)c3F)C(c3c(F)c(F)c(F)c(F)c3F)=C4c3c(F)c(F)c(F)c(F)c3F)c(-c3c(F)c(F)c(F)c(F)c3F)c2-c2c(F)c(F)c(F)c(F)c2F)c(F)c1F. The van der Waals surface area contributed by atoms with Gasteiger partial charge in [0.25, 0.3) is 0 Å². The molecule has 8 nitrogen and oxygen atoms in total. The summed E-state index contributed by atoms with van der Waals surface area (Å²) in [5.41, 5.74) is -61.2. The summed E-state index contributed by atoms with van der Waals surface area (Å²) in [4.78, 5) is 21.0. The fraction of sp³-hybridized carbons (Fsp3) is 0. The van der Waals surface area contributed by atoms with Crippen molar-refractivity contribution >= 4 is 44.9 Å². The largest absolute Gasteiger partial charge is 0.324 e. The van der Waals surface area contributed by atoms with Crippen molar-refractivity contribution in [3.8, 4) is 44.5 Å². The minimum Gasteiger partial charge on any atom is -0.324 e. The van der Waals surface area contributed by atoms with Gasteiger partial charge in [0, 0.05) is 44.5 Å². The van der Waals surface area contributed by atoms with Crippen LogP contribution in [0.2, 0.25) is 0 Å². The van der Waals surface area contributed by atoms with E-state index in [1.54, 1.807) is 0 Å². The summed E-state index contributed by atoms with van der Waals surface area (Å²) in [6.07, 6.45) is 0. The lowest BCUT2D eigenvalue weighted by molar-refractivity contribution is 0.375. The molecule has 13 rings (SSSR count). The second kappa shape index (κ2) is 26.5. The third-order valence-corrected chi connectivity index (χ3v) is 16.3. The van der Waals surface area contributed by atoms with Crippen LogP contribution in [0.5, 0.6) is 0 Å². The van der Waals surface area contributed by atoms with Gasteiger partial charge < -0.3 is 9.97 Å². The maximum atomic E-state index is 16.9. The molecule has 0 fully saturated rings. The molecule has 5 heterocycles. The first-order chi connectivity index (χ1) is 52.3. The molecule has 0 spiro atoms. The van der Waals surface area contributed by atoms with E-state index in [0.717, 1.165) is 9.97 Å². The summed E-state index contributed by atoms with van der Waals surface area (Å²) >= 11 is 0. The number of aromatic amines is 2. The van der Waals surface area contributed by atoms with Crippen molar-refractivity contribution in [1.29, 1.82) is 0 Å². The van der Waals surface area contributed by atoms with E-state index < -0.39 is 368 Å². The van der Waals surface area contributed by atoms with E-state index in [4.69, 9.17) is 0 Å². The number of H-pyrrole nitrogens is 2. The first-order valence-corrected chi connectivity index (χ1v) is 28.2. The van der Waals surface area contributed by atoms with E-state index in [2.05, 4.69) is 29.9 Å². The number of nitrogens with one attached hydrogen (secondary N) is 2. The van der Waals surface area contributed by atoms with E-state index in [0.29, 0.717) is 0 Å². The number of hydrogen-bond acceptors (Lipinski definition) is 6. The Morgan fingerprint density at radius 1 is 0.107 bits per heavy atom. The number of fused-ring (bicyclic) bond motifs is 8. The molecule has 0 unspecified atom stereocenters. The summed E-state index contributed by atoms with van der Waals surface area (Å²) in [5, 5.41) is 0. The Balaban J connectivity index is 1.50. The van der Waals surface area contributed by atoms with E-state index in [9.17, 15) is 0 Å². The predicted octanol–water partition coefficient (Wildman–Crippen LogP) is 20.1. The molecule has 0 saturated carbocycles. The van der Waals surface area contributed by atoms with Crippen LogP contribution in [0, 0.1) is 233 Å². The van der Waals surface area contributed by atoms with Crippen molar-refractivity contribution in [3.05, 3.63) is 278 Å². The van der Waals surface area contributed by atoms with Crippen LogP contribution in [0.15, 0.2) is 0 Å². The van der Waals surface area contributed by atoms with Crippen LogP contribution in [0.25, 0.3) is 89.4 Å². The molecule has 0 aliphatic carbocycles. The molecule has 112 heavy (non-hydrogen) atoms. The Morgan fingerprint density at radius 2 is 0.205 bits per heavy atom. The summed E-state index contributed by atoms with van der Waals surface area (Å²) in [6, 6.07) is 0. The highest BCUT2D eigenvalue weighted by Gasteiger charge is 2.46. The number of halogens is 40. The first-order valence-electron chi connectivity index (χ1n) is 28.2. The van der Waals surface area contributed by atoms with Crippen molar-refractivity contribution in [1.82, 2.24) is 39.9 Å². The fourth-order valence-corrected chi connectivity index (χ4v) is 11.4. The highest BCUT2D eigenvalue weighted by Crippen LogP contribution is 2.52. The van der Waals surface area contributed by atoms with Crippen molar-refractivity contribution in [2.75, 3.05) is 0 Å². The van der Waals surface area contributed by atoms with E-state index in [-0.39, 0.29) is 0 Å². The van der Waals surface area contributed by atoms with Gasteiger partial charge in [0.05, 0.1) is 44.5 Å². The van der Waals surface area contributed by atoms with Gasteiger partial charge in [-0.3, -0.25) is 0 Å². The van der Waals surface area contributed by atoms with Crippen LogP contribution in [0.4, 0.5) is 176 Å². The molecule has 48 heteroatoms. The molecule has 0 amide bonds. The number of hydrogen-bond donors (Lipinski definition) is 2. The number of benzene rings is 8. The first kappa shape index (κ1) is 77.4. The normalized spacial score (nSPS) is 12.6. The lowest BCUT2D eigenvalue weighted by Crippen LogP contribution is -2.11. The molecular formula is C64H2F40N8. The topological polar surface area (TPSA) is 109 Å². The molecule has 0 radical (unpaired) electrons. The van der Waals surface area contributed by atoms with Crippen molar-refractivity contribution in [2.45, 2.75) is 0 Å². The Bertz CT molecular complexity index is 5530. The molecular weight excluding hydrogens is 1640 g/mol. The predicted molar refractivity (Wildman–Crippen MR) is 288 cm³/mol. The second-order valence-electron chi connectivity index (χ2n) is 22.2. The van der Waals surface area contributed by atoms with Crippen molar-refractivity contribution < 1.29 is 176 Å². The Morgan fingerprint density at radius 3 is 0.321 bits per heavy atom. The zero-order valence-corrected chi connectivity index (χ0v) is 50.8. The molecule has 0 atom stereocenters. The minimum absolute atomic E-state index is 1.13. The number of rotatable bonds is 8. The molecule has 8 bridgehead atoms. The molecule has 3 aromatic heterocycles. The summed E-state index contributed by atoms with van der Waals surface area (Å²) in [7, 11) is 0. The van der Waals surface area contributed by atoms with Gasteiger partial charge in [0.2, 0.25) is 46.5 Å². The van der Waals surface area contributed by atoms with Crippen LogP contribution < -0.4 is 0 Å². The second-order valence-corrected chi connectivity index (χ2v) is 22.2. The quantitative estimate of drug-likeness (QED) is 0.0891. The number of aromatic nitrogens is 8. The number of nitrogens with zero attached hydrogens (tertiary/aromatic N) is 6. The lowest BCUT2D eigenvalue weighted by Gasteiger charge is -2.15. The smallest absolute Gasteiger partial charge is 0.200 e. The van der Waals surface area contributed by atoms with Gasteiger partial charge >= 0.3 is 0 Å². The third kappa shape index (κ3) is 10.6. The van der Waals surface area contributed by atoms with Gasteiger partial charge in [-0.1, -0.05) is 0 Å². The van der Waals surface area contributed by atoms with Crippen LogP contribution in [0.1, 0.15) is 45.6 Å². The fourth-order valence-electron chi connectivity index (χ4n) is 11.4. The van der Waals surface area contributed by atoms with Crippen LogP contribution in [0.3, 0.4) is 0 Å². The van der Waals surface area contributed by atoms with Crippen LogP contribution in [-0.2, 0) is 0 Å². The Labute approximate surface area is 582 Å². The van der Waals surface area contributed by atoms with Gasteiger partial charge in [-0.25, -0.2) is 206 Å². The molecule has 11 aromatic rings. The van der Waals surface area contributed by atoms with Gasteiger partial charge in [-0.05, 0) is 0 Å². The molecule has 578 valence electrons. The Hall–Kier alpha value is -12.7. The zero-order chi connectivity index (χ0) is 82.6. The molecule has 0 saturated heterocycles. The van der Waals surface area contributed by atoms with E-state index in [1.165, 1.54) is 0 Å². The standard InChI is InChI=1S/C64H2F40N8/c65-17-9(18(66)34(82)49(97)33(17)81)1-2(10-19(67)35(83)50(98)36(84)20(10)68)58-105-57(1)109-59-3(11-21(69)37(85)51(99)38(86)22(11)70)4(12-23(71)39(87)52(100)40(88)24(12)72)61(106-59)111-63-7(15-29(77)45(93)55(103)46(94)30(15)78)8(16-31(79)47(95)56(104)48(96)32(16)80)64(108-63)112-62-6(14-27(75)43(91)54(102)44(92)28(14)76)5(60(107-62)110-58)13-25(73)41(89)53(101)42(90)26(13)74/h(H2,105,106,107,108,109,110,111,112). The lowest BCUT2D eigenvalue weighted by atomic mass is 9.92. The zero-order valence-electron chi connectivity index (χ0n) is 50.8. The van der Waals surface area contributed by atoms with Crippen molar-refractivity contribution in [3.63, 3.8) is 0 Å². The molecule has 8 aromatic carbocycles. The summed E-state index contributed by atoms with van der Waals surface area (Å²) in [5.74, 6) is -154. The maximum Gasteiger partial charge on any atom is 0.200 e.